The molecule has 2 unspecified atom stereocenters. The lowest BCUT2D eigenvalue weighted by Crippen LogP contribution is -2.34. The van der Waals surface area contributed by atoms with E-state index < -0.39 is 0 Å². The summed E-state index contributed by atoms with van der Waals surface area (Å²) < 4.78 is 6.24. The van der Waals surface area contributed by atoms with Gasteiger partial charge in [0.1, 0.15) is 0 Å². The minimum atomic E-state index is 0.0929. The standard InChI is InChI=1S/C14H23BrN2O/c1-11(10-18-3)17(2)9-8-14(16)12-4-6-13(15)7-5-12/h4-7,11,14H,8-10,16H2,1-3H3. The molecule has 0 aromatic heterocycles. The van der Waals surface area contributed by atoms with Crippen molar-refractivity contribution >= 4 is 15.9 Å². The van der Waals surface area contributed by atoms with E-state index in [2.05, 4.69) is 46.9 Å². The first-order valence-corrected chi connectivity index (χ1v) is 7.04. The molecule has 0 saturated carbocycles. The van der Waals surface area contributed by atoms with E-state index in [-0.39, 0.29) is 6.04 Å². The molecule has 0 saturated heterocycles. The van der Waals surface area contributed by atoms with Crippen LogP contribution in [0.2, 0.25) is 0 Å². The Hall–Kier alpha value is -0.420. The highest BCUT2D eigenvalue weighted by Crippen LogP contribution is 2.18. The van der Waals surface area contributed by atoms with Crippen LogP contribution in [0.5, 0.6) is 0 Å². The number of hydrogen-bond donors (Lipinski definition) is 1. The molecule has 1 aromatic rings. The van der Waals surface area contributed by atoms with E-state index in [1.807, 2.05) is 12.1 Å². The maximum atomic E-state index is 6.19. The van der Waals surface area contributed by atoms with Crippen LogP contribution < -0.4 is 5.73 Å². The highest BCUT2D eigenvalue weighted by Gasteiger charge is 2.11. The summed E-state index contributed by atoms with van der Waals surface area (Å²) in [4.78, 5) is 2.28. The van der Waals surface area contributed by atoms with Gasteiger partial charge >= 0.3 is 0 Å². The Labute approximate surface area is 118 Å². The third-order valence-corrected chi connectivity index (χ3v) is 3.78. The van der Waals surface area contributed by atoms with Crippen molar-refractivity contribution in [1.82, 2.24) is 4.90 Å². The van der Waals surface area contributed by atoms with Crippen LogP contribution >= 0.6 is 15.9 Å². The highest BCUT2D eigenvalue weighted by atomic mass is 79.9. The van der Waals surface area contributed by atoms with Gasteiger partial charge in [0.15, 0.2) is 0 Å². The van der Waals surface area contributed by atoms with Crippen molar-refractivity contribution in [2.45, 2.75) is 25.4 Å². The van der Waals surface area contributed by atoms with Gasteiger partial charge in [0.2, 0.25) is 0 Å². The van der Waals surface area contributed by atoms with Crippen molar-refractivity contribution in [3.05, 3.63) is 34.3 Å². The minimum absolute atomic E-state index is 0.0929. The van der Waals surface area contributed by atoms with Crippen molar-refractivity contribution in [3.63, 3.8) is 0 Å². The van der Waals surface area contributed by atoms with E-state index in [1.165, 1.54) is 5.56 Å². The summed E-state index contributed by atoms with van der Waals surface area (Å²) in [5.41, 5.74) is 7.38. The maximum Gasteiger partial charge on any atom is 0.0615 e. The molecular formula is C14H23BrN2O. The molecule has 1 aromatic carbocycles. The zero-order valence-electron chi connectivity index (χ0n) is 11.4. The van der Waals surface area contributed by atoms with Crippen molar-refractivity contribution in [3.8, 4) is 0 Å². The van der Waals surface area contributed by atoms with E-state index in [9.17, 15) is 0 Å². The first kappa shape index (κ1) is 15.6. The lowest BCUT2D eigenvalue weighted by molar-refractivity contribution is 0.114. The largest absolute Gasteiger partial charge is 0.383 e. The summed E-state index contributed by atoms with van der Waals surface area (Å²) in [6, 6.07) is 8.74. The van der Waals surface area contributed by atoms with Crippen LogP contribution in [-0.4, -0.2) is 38.3 Å². The molecule has 0 aliphatic heterocycles. The second-order valence-electron chi connectivity index (χ2n) is 4.73. The van der Waals surface area contributed by atoms with E-state index in [1.54, 1.807) is 7.11 Å². The number of nitrogens with zero attached hydrogens (tertiary/aromatic N) is 1. The Morgan fingerprint density at radius 1 is 1.33 bits per heavy atom. The number of halogens is 1. The fourth-order valence-electron chi connectivity index (χ4n) is 1.81. The Kier molecular flexibility index (Phi) is 6.86. The molecule has 2 N–H and O–H groups in total. The topological polar surface area (TPSA) is 38.5 Å². The van der Waals surface area contributed by atoms with Crippen molar-refractivity contribution < 1.29 is 4.74 Å². The number of benzene rings is 1. The normalized spacial score (nSPS) is 14.8. The molecule has 0 fully saturated rings. The van der Waals surface area contributed by atoms with Crippen molar-refractivity contribution in [2.24, 2.45) is 5.73 Å². The number of ether oxygens (including phenoxy) is 1. The van der Waals surface area contributed by atoms with E-state index >= 15 is 0 Å². The monoisotopic (exact) mass is 314 g/mol. The molecule has 1 rings (SSSR count). The Balaban J connectivity index is 2.41. The van der Waals surface area contributed by atoms with Crippen LogP contribution in [0.25, 0.3) is 0 Å². The first-order chi connectivity index (χ1) is 8.54. The van der Waals surface area contributed by atoms with Gasteiger partial charge in [0.25, 0.3) is 0 Å². The molecule has 3 nitrogen and oxygen atoms in total. The zero-order chi connectivity index (χ0) is 13.5. The first-order valence-electron chi connectivity index (χ1n) is 6.24. The number of rotatable bonds is 7. The van der Waals surface area contributed by atoms with Crippen LogP contribution in [0.4, 0.5) is 0 Å². The smallest absolute Gasteiger partial charge is 0.0615 e. The number of nitrogens with two attached hydrogens (primary N) is 1. The lowest BCUT2D eigenvalue weighted by atomic mass is 10.0. The van der Waals surface area contributed by atoms with Gasteiger partial charge in [-0.25, -0.2) is 0 Å². The molecule has 0 spiro atoms. The average Bonchev–Trinajstić information content (AvgIpc) is 2.36. The predicted molar refractivity (Wildman–Crippen MR) is 79.7 cm³/mol. The van der Waals surface area contributed by atoms with E-state index in [4.69, 9.17) is 10.5 Å². The lowest BCUT2D eigenvalue weighted by Gasteiger charge is -2.25. The van der Waals surface area contributed by atoms with Gasteiger partial charge in [-0.05, 0) is 38.1 Å². The van der Waals surface area contributed by atoms with Gasteiger partial charge < -0.3 is 15.4 Å². The van der Waals surface area contributed by atoms with Crippen LogP contribution in [0, 0.1) is 0 Å². The van der Waals surface area contributed by atoms with Crippen LogP contribution in [0.3, 0.4) is 0 Å². The summed E-state index contributed by atoms with van der Waals surface area (Å²) in [6.07, 6.45) is 0.951. The van der Waals surface area contributed by atoms with Gasteiger partial charge in [-0.2, -0.15) is 0 Å². The van der Waals surface area contributed by atoms with Gasteiger partial charge in [-0.15, -0.1) is 0 Å². The minimum Gasteiger partial charge on any atom is -0.383 e. The highest BCUT2D eigenvalue weighted by molar-refractivity contribution is 9.10. The van der Waals surface area contributed by atoms with Gasteiger partial charge in [-0.1, -0.05) is 28.1 Å². The Bertz CT molecular complexity index is 342. The molecule has 0 radical (unpaired) electrons. The predicted octanol–water partition coefficient (Wildman–Crippen LogP) is 2.81. The summed E-state index contributed by atoms with van der Waals surface area (Å²) >= 11 is 3.43. The summed E-state index contributed by atoms with van der Waals surface area (Å²) in [5, 5.41) is 0. The van der Waals surface area contributed by atoms with Crippen LogP contribution in [0.1, 0.15) is 24.9 Å². The molecular weight excluding hydrogens is 292 g/mol. The molecule has 2 atom stereocenters. The maximum absolute atomic E-state index is 6.19. The molecule has 18 heavy (non-hydrogen) atoms. The summed E-state index contributed by atoms with van der Waals surface area (Å²) in [6.45, 7) is 3.89. The Morgan fingerprint density at radius 3 is 2.50 bits per heavy atom. The Morgan fingerprint density at radius 2 is 1.94 bits per heavy atom. The average molecular weight is 315 g/mol. The molecule has 0 heterocycles. The fraction of sp³-hybridized carbons (Fsp3) is 0.571. The quantitative estimate of drug-likeness (QED) is 0.841. The molecule has 0 aliphatic carbocycles. The summed E-state index contributed by atoms with van der Waals surface area (Å²) in [5.74, 6) is 0. The van der Waals surface area contributed by atoms with Crippen molar-refractivity contribution in [2.75, 3.05) is 27.3 Å². The number of hydrogen-bond acceptors (Lipinski definition) is 3. The van der Waals surface area contributed by atoms with Gasteiger partial charge in [-0.3, -0.25) is 0 Å². The van der Waals surface area contributed by atoms with Crippen molar-refractivity contribution in [1.29, 1.82) is 0 Å². The molecule has 102 valence electrons. The molecule has 4 heteroatoms. The summed E-state index contributed by atoms with van der Waals surface area (Å²) in [7, 11) is 3.84. The zero-order valence-corrected chi connectivity index (χ0v) is 13.0. The van der Waals surface area contributed by atoms with Crippen LogP contribution in [-0.2, 0) is 4.74 Å². The SMILES string of the molecule is COCC(C)N(C)CCC(N)c1ccc(Br)cc1. The van der Waals surface area contributed by atoms with Gasteiger partial charge in [0, 0.05) is 30.2 Å². The van der Waals surface area contributed by atoms with Crippen LogP contribution in [0.15, 0.2) is 28.7 Å². The molecule has 0 amide bonds. The molecule has 0 bridgehead atoms. The second-order valence-corrected chi connectivity index (χ2v) is 5.65. The third-order valence-electron chi connectivity index (χ3n) is 3.25. The van der Waals surface area contributed by atoms with E-state index in [0.29, 0.717) is 6.04 Å². The second kappa shape index (κ2) is 7.89. The molecule has 0 aliphatic rings. The number of methoxy groups -OCH3 is 1. The van der Waals surface area contributed by atoms with Gasteiger partial charge in [0.05, 0.1) is 6.61 Å². The number of likely N-dealkylation sites (N-methyl/N-ethyl adjacent to an activating group) is 1. The third kappa shape index (κ3) is 5.06. The fourth-order valence-corrected chi connectivity index (χ4v) is 2.07. The van der Waals surface area contributed by atoms with E-state index in [0.717, 1.165) is 24.0 Å².